The van der Waals surface area contributed by atoms with Crippen LogP contribution < -0.4 is 10.5 Å². The van der Waals surface area contributed by atoms with Crippen LogP contribution in [0.4, 0.5) is 0 Å². The molecule has 0 bridgehead atoms. The summed E-state index contributed by atoms with van der Waals surface area (Å²) in [5, 5.41) is 0. The van der Waals surface area contributed by atoms with E-state index in [2.05, 4.69) is 15.9 Å². The molecule has 0 aliphatic rings. The summed E-state index contributed by atoms with van der Waals surface area (Å²) in [5.74, 6) is 1.00. The first kappa shape index (κ1) is 13.6. The second-order valence-electron chi connectivity index (χ2n) is 4.38. The minimum absolute atomic E-state index is 0.439. The number of nitrogens with two attached hydrogens (primary N) is 1. The molecule has 0 saturated carbocycles. The van der Waals surface area contributed by atoms with E-state index in [-0.39, 0.29) is 0 Å². The monoisotopic (exact) mass is 319 g/mol. The van der Waals surface area contributed by atoms with Gasteiger partial charge in [-0.2, -0.15) is 0 Å². The van der Waals surface area contributed by atoms with E-state index in [1.54, 1.807) is 18.2 Å². The average Bonchev–Trinajstić information content (AvgIpc) is 2.34. The van der Waals surface area contributed by atoms with E-state index in [1.165, 1.54) is 0 Å². The molecule has 0 saturated heterocycles. The van der Waals surface area contributed by atoms with E-state index in [4.69, 9.17) is 10.5 Å². The minimum atomic E-state index is -0.439. The first-order valence-corrected chi connectivity index (χ1v) is 6.61. The summed E-state index contributed by atoms with van der Waals surface area (Å²) >= 11 is 3.47. The molecule has 0 aliphatic carbocycles. The van der Waals surface area contributed by atoms with Crippen LogP contribution in [0.5, 0.6) is 11.5 Å². The average molecular weight is 320 g/mol. The number of primary amides is 1. The second-order valence-corrected chi connectivity index (χ2v) is 5.23. The van der Waals surface area contributed by atoms with Crippen LogP contribution in [0, 0.1) is 13.8 Å². The fraction of sp³-hybridized carbons (Fsp3) is 0.133. The van der Waals surface area contributed by atoms with E-state index in [0.717, 1.165) is 21.3 Å². The molecule has 0 heterocycles. The van der Waals surface area contributed by atoms with Crippen molar-refractivity contribution in [1.29, 1.82) is 0 Å². The first-order chi connectivity index (χ1) is 8.97. The Labute approximate surface area is 120 Å². The highest BCUT2D eigenvalue weighted by molar-refractivity contribution is 9.10. The molecule has 2 aromatic rings. The highest BCUT2D eigenvalue weighted by Gasteiger charge is 2.08. The van der Waals surface area contributed by atoms with Gasteiger partial charge in [0.15, 0.2) is 0 Å². The largest absolute Gasteiger partial charge is 0.456 e. The van der Waals surface area contributed by atoms with Crippen molar-refractivity contribution in [3.05, 3.63) is 57.6 Å². The van der Waals surface area contributed by atoms with Gasteiger partial charge in [-0.3, -0.25) is 4.79 Å². The van der Waals surface area contributed by atoms with Crippen molar-refractivity contribution in [2.24, 2.45) is 5.73 Å². The molecule has 3 nitrogen and oxygen atoms in total. The van der Waals surface area contributed by atoms with Crippen LogP contribution in [0.2, 0.25) is 0 Å². The number of aryl methyl sites for hydroxylation is 2. The van der Waals surface area contributed by atoms with Crippen molar-refractivity contribution >= 4 is 21.8 Å². The smallest absolute Gasteiger partial charge is 0.248 e. The van der Waals surface area contributed by atoms with Crippen LogP contribution in [0.25, 0.3) is 0 Å². The van der Waals surface area contributed by atoms with Crippen LogP contribution in [-0.2, 0) is 0 Å². The van der Waals surface area contributed by atoms with Gasteiger partial charge in [0, 0.05) is 5.56 Å². The third kappa shape index (κ3) is 3.15. The molecule has 0 fully saturated rings. The maximum Gasteiger partial charge on any atom is 0.248 e. The lowest BCUT2D eigenvalue weighted by molar-refractivity contribution is 0.1000. The lowest BCUT2D eigenvalue weighted by Crippen LogP contribution is -2.10. The van der Waals surface area contributed by atoms with Gasteiger partial charge < -0.3 is 10.5 Å². The van der Waals surface area contributed by atoms with E-state index in [9.17, 15) is 4.79 Å². The summed E-state index contributed by atoms with van der Waals surface area (Å²) < 4.78 is 6.72. The Kier molecular flexibility index (Phi) is 3.90. The van der Waals surface area contributed by atoms with Crippen LogP contribution in [0.3, 0.4) is 0 Å². The van der Waals surface area contributed by atoms with E-state index < -0.39 is 5.91 Å². The molecule has 0 atom stereocenters. The van der Waals surface area contributed by atoms with Crippen LogP contribution in [0.15, 0.2) is 40.9 Å². The van der Waals surface area contributed by atoms with Gasteiger partial charge in [0.25, 0.3) is 0 Å². The standard InChI is InChI=1S/C15H14BrNO2/c1-9-3-5-14(12(16)7-9)19-13-6-4-11(15(17)18)8-10(13)2/h3-8H,1-2H3,(H2,17,18). The quantitative estimate of drug-likeness (QED) is 0.931. The second kappa shape index (κ2) is 5.45. The topological polar surface area (TPSA) is 52.3 Å². The number of rotatable bonds is 3. The highest BCUT2D eigenvalue weighted by atomic mass is 79.9. The third-order valence-corrected chi connectivity index (χ3v) is 3.39. The van der Waals surface area contributed by atoms with Gasteiger partial charge in [-0.05, 0) is 71.2 Å². The van der Waals surface area contributed by atoms with Gasteiger partial charge in [0.1, 0.15) is 11.5 Å². The van der Waals surface area contributed by atoms with Gasteiger partial charge in [0.05, 0.1) is 4.47 Å². The lowest BCUT2D eigenvalue weighted by atomic mass is 10.1. The zero-order chi connectivity index (χ0) is 14.0. The van der Waals surface area contributed by atoms with Crippen molar-refractivity contribution in [2.45, 2.75) is 13.8 Å². The molecule has 4 heteroatoms. The van der Waals surface area contributed by atoms with Gasteiger partial charge in [-0.25, -0.2) is 0 Å². The molecular weight excluding hydrogens is 306 g/mol. The summed E-state index contributed by atoms with van der Waals surface area (Å²) in [4.78, 5) is 11.1. The van der Waals surface area contributed by atoms with Crippen molar-refractivity contribution in [1.82, 2.24) is 0 Å². The molecule has 0 unspecified atom stereocenters. The Morgan fingerprint density at radius 2 is 1.79 bits per heavy atom. The summed E-state index contributed by atoms with van der Waals surface area (Å²) in [7, 11) is 0. The van der Waals surface area contributed by atoms with Gasteiger partial charge in [-0.1, -0.05) is 6.07 Å². The number of carbonyl (C=O) groups excluding carboxylic acids is 1. The zero-order valence-corrected chi connectivity index (χ0v) is 12.3. The predicted molar refractivity (Wildman–Crippen MR) is 78.6 cm³/mol. The van der Waals surface area contributed by atoms with Crippen molar-refractivity contribution in [3.8, 4) is 11.5 Å². The normalized spacial score (nSPS) is 10.3. The Morgan fingerprint density at radius 1 is 1.11 bits per heavy atom. The van der Waals surface area contributed by atoms with Gasteiger partial charge >= 0.3 is 0 Å². The first-order valence-electron chi connectivity index (χ1n) is 5.82. The molecule has 98 valence electrons. The predicted octanol–water partition coefficient (Wildman–Crippen LogP) is 3.96. The maximum absolute atomic E-state index is 11.1. The molecule has 19 heavy (non-hydrogen) atoms. The number of amides is 1. The summed E-state index contributed by atoms with van der Waals surface area (Å²) in [6.45, 7) is 3.89. The van der Waals surface area contributed by atoms with E-state index in [1.807, 2.05) is 32.0 Å². The SMILES string of the molecule is Cc1ccc(Oc2ccc(C(N)=O)cc2C)c(Br)c1. The Balaban J connectivity index is 2.31. The molecule has 0 spiro atoms. The van der Waals surface area contributed by atoms with Crippen molar-refractivity contribution in [3.63, 3.8) is 0 Å². The molecule has 1 amide bonds. The van der Waals surface area contributed by atoms with Crippen molar-refractivity contribution in [2.75, 3.05) is 0 Å². The number of hydrogen-bond acceptors (Lipinski definition) is 2. The van der Waals surface area contributed by atoms with Crippen molar-refractivity contribution < 1.29 is 9.53 Å². The Hall–Kier alpha value is -1.81. The Morgan fingerprint density at radius 3 is 2.37 bits per heavy atom. The fourth-order valence-electron chi connectivity index (χ4n) is 1.72. The summed E-state index contributed by atoms with van der Waals surface area (Å²) in [5.41, 5.74) is 7.74. The molecule has 0 aromatic heterocycles. The van der Waals surface area contributed by atoms with Crippen LogP contribution in [0.1, 0.15) is 21.5 Å². The van der Waals surface area contributed by atoms with Gasteiger partial charge in [0.2, 0.25) is 5.91 Å². The molecule has 2 aromatic carbocycles. The third-order valence-electron chi connectivity index (χ3n) is 2.77. The lowest BCUT2D eigenvalue weighted by Gasteiger charge is -2.11. The van der Waals surface area contributed by atoms with Crippen LogP contribution >= 0.6 is 15.9 Å². The number of hydrogen-bond donors (Lipinski definition) is 1. The molecule has 2 N–H and O–H groups in total. The number of ether oxygens (including phenoxy) is 1. The summed E-state index contributed by atoms with van der Waals surface area (Å²) in [6.07, 6.45) is 0. The summed E-state index contributed by atoms with van der Waals surface area (Å²) in [6, 6.07) is 11.0. The minimum Gasteiger partial charge on any atom is -0.456 e. The molecule has 0 aliphatic heterocycles. The Bertz CT molecular complexity index is 638. The van der Waals surface area contributed by atoms with Crippen LogP contribution in [-0.4, -0.2) is 5.91 Å². The maximum atomic E-state index is 11.1. The molecule has 0 radical (unpaired) electrons. The zero-order valence-electron chi connectivity index (χ0n) is 10.7. The number of benzene rings is 2. The molecule has 2 rings (SSSR count). The number of halogens is 1. The fourth-order valence-corrected chi connectivity index (χ4v) is 2.30. The highest BCUT2D eigenvalue weighted by Crippen LogP contribution is 2.32. The van der Waals surface area contributed by atoms with E-state index >= 15 is 0 Å². The van der Waals surface area contributed by atoms with Gasteiger partial charge in [-0.15, -0.1) is 0 Å². The van der Waals surface area contributed by atoms with E-state index in [0.29, 0.717) is 11.3 Å². The molecular formula is C15H14BrNO2. The number of carbonyl (C=O) groups is 1.